The third kappa shape index (κ3) is 6.65. The monoisotopic (exact) mass is 635 g/mol. The molecule has 0 radical (unpaired) electrons. The molecular weight excluding hydrogens is 586 g/mol. The highest BCUT2D eigenvalue weighted by Crippen LogP contribution is 2.59. The van der Waals surface area contributed by atoms with Crippen molar-refractivity contribution in [1.29, 1.82) is 0 Å². The molecule has 10 heteroatoms. The van der Waals surface area contributed by atoms with Gasteiger partial charge in [-0.3, -0.25) is 19.2 Å². The molecule has 5 rings (SSSR count). The van der Waals surface area contributed by atoms with Gasteiger partial charge < -0.3 is 29.7 Å². The maximum atomic E-state index is 14.8. The quantitative estimate of drug-likeness (QED) is 0.224. The van der Waals surface area contributed by atoms with Gasteiger partial charge in [0.2, 0.25) is 17.7 Å². The molecule has 0 aromatic heterocycles. The summed E-state index contributed by atoms with van der Waals surface area (Å²) < 4.78 is 12.4. The van der Waals surface area contributed by atoms with Crippen LogP contribution in [0.15, 0.2) is 55.6 Å². The SMILES string of the molecule is C=CCCC(=O)NC[C@H](C)OC(=O)[C@@H]1[C@@H]2CC[C@]3(O2)[C@H](C(=O)N(CC=C)C2CCCCC2)N([C@@H](CO)Cc2ccccc2)C(=O)[C@@H]13. The fourth-order valence-electron chi connectivity index (χ4n) is 8.17. The number of hydrogen-bond acceptors (Lipinski definition) is 7. The molecule has 10 nitrogen and oxygen atoms in total. The number of ether oxygens (including phenoxy) is 2. The number of hydrogen-bond donors (Lipinski definition) is 2. The van der Waals surface area contributed by atoms with Gasteiger partial charge in [-0.2, -0.15) is 0 Å². The highest BCUT2D eigenvalue weighted by molar-refractivity contribution is 5.98. The van der Waals surface area contributed by atoms with Crippen LogP contribution in [0.3, 0.4) is 0 Å². The molecule has 2 bridgehead atoms. The van der Waals surface area contributed by atoms with Crippen molar-refractivity contribution in [2.75, 3.05) is 19.7 Å². The standard InChI is InChI=1S/C36H49N3O7/c1-4-6-17-29(41)37-22-24(3)45-35(44)30-28-18-19-36(46-28)31(30)33(42)39(27(23-40)21-25-13-9-7-10-14-25)32(36)34(43)38(20-5-2)26-15-11-8-12-16-26/h4-5,7,9-10,13-14,24,26-28,30-32,40H,1-2,6,8,11-12,15-23H2,3H3,(H,37,41)/t24-,27+,28-,30+,31+,32-,36+/m0/s1. The first-order chi connectivity index (χ1) is 22.2. The van der Waals surface area contributed by atoms with E-state index >= 15 is 0 Å². The van der Waals surface area contributed by atoms with Gasteiger partial charge in [0.15, 0.2) is 0 Å². The fourth-order valence-corrected chi connectivity index (χ4v) is 8.17. The van der Waals surface area contributed by atoms with Gasteiger partial charge in [-0.1, -0.05) is 61.7 Å². The topological polar surface area (TPSA) is 125 Å². The third-order valence-corrected chi connectivity index (χ3v) is 10.3. The van der Waals surface area contributed by atoms with E-state index in [4.69, 9.17) is 9.47 Å². The van der Waals surface area contributed by atoms with Crippen molar-refractivity contribution < 1.29 is 33.8 Å². The number of amides is 3. The number of rotatable bonds is 15. The maximum absolute atomic E-state index is 14.8. The predicted molar refractivity (Wildman–Crippen MR) is 172 cm³/mol. The molecule has 46 heavy (non-hydrogen) atoms. The van der Waals surface area contributed by atoms with E-state index in [2.05, 4.69) is 18.5 Å². The Bertz CT molecular complexity index is 1280. The van der Waals surface area contributed by atoms with Crippen LogP contribution in [0.2, 0.25) is 0 Å². The van der Waals surface area contributed by atoms with Crippen LogP contribution in [0, 0.1) is 11.8 Å². The zero-order valence-corrected chi connectivity index (χ0v) is 27.0. The molecule has 250 valence electrons. The molecule has 4 aliphatic rings. The third-order valence-electron chi connectivity index (χ3n) is 10.3. The van der Waals surface area contributed by atoms with Gasteiger partial charge in [-0.05, 0) is 51.0 Å². The van der Waals surface area contributed by atoms with Crippen molar-refractivity contribution in [3.05, 3.63) is 61.2 Å². The molecule has 1 aromatic rings. The van der Waals surface area contributed by atoms with Gasteiger partial charge in [0.25, 0.3) is 0 Å². The second kappa shape index (κ2) is 14.9. The van der Waals surface area contributed by atoms with Crippen molar-refractivity contribution in [3.63, 3.8) is 0 Å². The number of nitrogens with one attached hydrogen (secondary N) is 1. The summed E-state index contributed by atoms with van der Waals surface area (Å²) in [6, 6.07) is 7.93. The van der Waals surface area contributed by atoms with E-state index in [-0.39, 0.29) is 36.9 Å². The highest BCUT2D eigenvalue weighted by Gasteiger charge is 2.75. The van der Waals surface area contributed by atoms with E-state index in [9.17, 15) is 24.3 Å². The lowest BCUT2D eigenvalue weighted by Crippen LogP contribution is -2.60. The number of aliphatic hydroxyl groups is 1. The van der Waals surface area contributed by atoms with Crippen molar-refractivity contribution in [3.8, 4) is 0 Å². The largest absolute Gasteiger partial charge is 0.460 e. The zero-order chi connectivity index (χ0) is 32.8. The van der Waals surface area contributed by atoms with Crippen molar-refractivity contribution in [1.82, 2.24) is 15.1 Å². The van der Waals surface area contributed by atoms with Crippen molar-refractivity contribution >= 4 is 23.7 Å². The number of carbonyl (C=O) groups is 4. The van der Waals surface area contributed by atoms with E-state index in [1.807, 2.05) is 35.2 Å². The Morgan fingerprint density at radius 1 is 1.15 bits per heavy atom. The number of nitrogens with zero attached hydrogens (tertiary/aromatic N) is 2. The summed E-state index contributed by atoms with van der Waals surface area (Å²) in [6.07, 6.45) is 9.31. The van der Waals surface area contributed by atoms with Gasteiger partial charge in [0.05, 0.1) is 37.1 Å². The maximum Gasteiger partial charge on any atom is 0.312 e. The fraction of sp³-hybridized carbons (Fsp3) is 0.611. The van der Waals surface area contributed by atoms with Crippen molar-refractivity contribution in [2.45, 2.75) is 107 Å². The average molecular weight is 636 g/mol. The number of allylic oxidation sites excluding steroid dienone is 1. The van der Waals surface area contributed by atoms with Gasteiger partial charge in [0.1, 0.15) is 17.7 Å². The molecule has 3 heterocycles. The van der Waals surface area contributed by atoms with Crippen LogP contribution in [-0.4, -0.2) is 94.2 Å². The molecule has 7 atom stereocenters. The number of esters is 1. The van der Waals surface area contributed by atoms with E-state index in [0.717, 1.165) is 37.7 Å². The lowest BCUT2D eigenvalue weighted by atomic mass is 9.70. The molecule has 3 aliphatic heterocycles. The number of aliphatic hydroxyl groups excluding tert-OH is 1. The molecule has 3 amide bonds. The van der Waals surface area contributed by atoms with Gasteiger partial charge in [-0.25, -0.2) is 0 Å². The Balaban J connectivity index is 1.45. The minimum atomic E-state index is -1.21. The minimum Gasteiger partial charge on any atom is -0.460 e. The molecule has 1 spiro atoms. The van der Waals surface area contributed by atoms with E-state index < -0.39 is 47.7 Å². The minimum absolute atomic E-state index is 0.0234. The smallest absolute Gasteiger partial charge is 0.312 e. The first kappa shape index (κ1) is 33.9. The normalized spacial score (nSPS) is 28.3. The second-order valence-corrected chi connectivity index (χ2v) is 13.3. The molecular formula is C36H49N3O7. The lowest BCUT2D eigenvalue weighted by Gasteiger charge is -2.42. The summed E-state index contributed by atoms with van der Waals surface area (Å²) in [4.78, 5) is 58.7. The van der Waals surface area contributed by atoms with Crippen molar-refractivity contribution in [2.24, 2.45) is 11.8 Å². The van der Waals surface area contributed by atoms with Gasteiger partial charge in [0, 0.05) is 19.0 Å². The molecule has 0 unspecified atom stereocenters. The molecule has 3 saturated heterocycles. The van der Waals surface area contributed by atoms with Crippen LogP contribution in [0.4, 0.5) is 0 Å². The number of fused-ring (bicyclic) bond motifs is 1. The molecule has 1 saturated carbocycles. The Morgan fingerprint density at radius 3 is 2.57 bits per heavy atom. The van der Waals surface area contributed by atoms with Gasteiger partial charge >= 0.3 is 5.97 Å². The Morgan fingerprint density at radius 2 is 1.89 bits per heavy atom. The van der Waals surface area contributed by atoms with Crippen LogP contribution >= 0.6 is 0 Å². The summed E-state index contributed by atoms with van der Waals surface area (Å²) in [7, 11) is 0. The lowest BCUT2D eigenvalue weighted by molar-refractivity contribution is -0.160. The van der Waals surface area contributed by atoms with Crippen LogP contribution in [0.5, 0.6) is 0 Å². The van der Waals surface area contributed by atoms with E-state index in [1.54, 1.807) is 24.0 Å². The Labute approximate surface area is 272 Å². The Hall–Kier alpha value is -3.50. The summed E-state index contributed by atoms with van der Waals surface area (Å²) in [5.74, 6) is -3.10. The molecule has 1 aromatic carbocycles. The van der Waals surface area contributed by atoms with Crippen LogP contribution in [-0.2, 0) is 35.1 Å². The van der Waals surface area contributed by atoms with Gasteiger partial charge in [-0.15, -0.1) is 13.2 Å². The zero-order valence-electron chi connectivity index (χ0n) is 27.0. The molecule has 2 N–H and O–H groups in total. The highest BCUT2D eigenvalue weighted by atomic mass is 16.6. The second-order valence-electron chi connectivity index (χ2n) is 13.3. The summed E-state index contributed by atoms with van der Waals surface area (Å²) in [5.41, 5.74) is -0.279. The number of benzene rings is 1. The summed E-state index contributed by atoms with van der Waals surface area (Å²) in [6.45, 7) is 9.38. The summed E-state index contributed by atoms with van der Waals surface area (Å²) in [5, 5.41) is 13.5. The first-order valence-electron chi connectivity index (χ1n) is 16.9. The van der Waals surface area contributed by atoms with E-state index in [0.29, 0.717) is 38.6 Å². The van der Waals surface area contributed by atoms with Crippen LogP contribution in [0.1, 0.15) is 70.3 Å². The Kier molecular flexibility index (Phi) is 11.0. The molecule has 1 aliphatic carbocycles. The average Bonchev–Trinajstić information content (AvgIpc) is 3.72. The van der Waals surface area contributed by atoms with Crippen LogP contribution in [0.25, 0.3) is 0 Å². The summed E-state index contributed by atoms with van der Waals surface area (Å²) >= 11 is 0. The first-order valence-corrected chi connectivity index (χ1v) is 16.9. The van der Waals surface area contributed by atoms with E-state index in [1.165, 1.54) is 0 Å². The molecule has 4 fully saturated rings. The van der Waals surface area contributed by atoms with Crippen LogP contribution < -0.4 is 5.32 Å². The number of carbonyl (C=O) groups excluding carboxylic acids is 4. The predicted octanol–water partition coefficient (Wildman–Crippen LogP) is 3.33. The number of likely N-dealkylation sites (tertiary alicyclic amines) is 1.